The maximum absolute atomic E-state index is 12.6. The number of hydrogen-bond acceptors (Lipinski definition) is 6. The van der Waals surface area contributed by atoms with Crippen molar-refractivity contribution in [2.45, 2.75) is 13.3 Å². The molecule has 3 aromatic heterocycles. The van der Waals surface area contributed by atoms with Gasteiger partial charge in [-0.05, 0) is 30.7 Å². The highest BCUT2D eigenvalue weighted by atomic mass is 35.5. The summed E-state index contributed by atoms with van der Waals surface area (Å²) >= 11 is 7.44. The number of pyridine rings is 2. The van der Waals surface area contributed by atoms with Crippen LogP contribution in [0.5, 0.6) is 0 Å². The van der Waals surface area contributed by atoms with Crippen molar-refractivity contribution in [1.29, 1.82) is 0 Å². The lowest BCUT2D eigenvalue weighted by molar-refractivity contribution is 0.0746. The Morgan fingerprint density at radius 1 is 1.11 bits per heavy atom. The first-order valence-electron chi connectivity index (χ1n) is 9.20. The fraction of sp³-hybridized carbons (Fsp3) is 0.300. The molecule has 0 bridgehead atoms. The third-order valence-electron chi connectivity index (χ3n) is 4.77. The first-order valence-corrected chi connectivity index (χ1v) is 10.5. The van der Waals surface area contributed by atoms with Gasteiger partial charge in [-0.3, -0.25) is 4.79 Å². The van der Waals surface area contributed by atoms with Crippen LogP contribution in [-0.2, 0) is 6.42 Å². The Hall–Kier alpha value is -2.51. The van der Waals surface area contributed by atoms with Gasteiger partial charge in [-0.15, -0.1) is 11.3 Å². The molecular formula is C20H20ClN5OS. The number of aromatic nitrogens is 3. The molecule has 144 valence electrons. The number of carbonyl (C=O) groups is 1. The number of rotatable bonds is 4. The van der Waals surface area contributed by atoms with E-state index >= 15 is 0 Å². The Bertz CT molecular complexity index is 949. The second kappa shape index (κ2) is 8.24. The van der Waals surface area contributed by atoms with E-state index < -0.39 is 0 Å². The van der Waals surface area contributed by atoms with Gasteiger partial charge in [0.25, 0.3) is 5.91 Å². The molecule has 1 fully saturated rings. The minimum Gasteiger partial charge on any atom is -0.353 e. The molecule has 1 aliphatic rings. The van der Waals surface area contributed by atoms with E-state index in [1.54, 1.807) is 23.5 Å². The third kappa shape index (κ3) is 4.00. The second-order valence-corrected chi connectivity index (χ2v) is 7.80. The summed E-state index contributed by atoms with van der Waals surface area (Å²) in [5, 5.41) is 3.48. The number of thiazole rings is 1. The number of amides is 1. The highest BCUT2D eigenvalue weighted by Gasteiger charge is 2.23. The predicted octanol–water partition coefficient (Wildman–Crippen LogP) is 3.78. The SMILES string of the molecule is CCc1csc(-c2ccc(N3CCN(C(=O)c4ccc(Cl)nc4)CC3)nc2)n1. The quantitative estimate of drug-likeness (QED) is 0.609. The number of aryl methyl sites for hydroxylation is 1. The van der Waals surface area contributed by atoms with Gasteiger partial charge in [-0.25, -0.2) is 15.0 Å². The van der Waals surface area contributed by atoms with Crippen LogP contribution in [0.3, 0.4) is 0 Å². The number of carbonyl (C=O) groups excluding carboxylic acids is 1. The molecular weight excluding hydrogens is 394 g/mol. The van der Waals surface area contributed by atoms with Gasteiger partial charge in [0.05, 0.1) is 11.3 Å². The summed E-state index contributed by atoms with van der Waals surface area (Å²) in [5.41, 5.74) is 2.72. The lowest BCUT2D eigenvalue weighted by Crippen LogP contribution is -2.49. The molecule has 0 saturated carbocycles. The van der Waals surface area contributed by atoms with Crippen molar-refractivity contribution in [3.63, 3.8) is 0 Å². The molecule has 0 aliphatic carbocycles. The van der Waals surface area contributed by atoms with E-state index in [2.05, 4.69) is 38.2 Å². The largest absolute Gasteiger partial charge is 0.353 e. The van der Waals surface area contributed by atoms with Crippen molar-refractivity contribution >= 4 is 34.7 Å². The molecule has 1 aliphatic heterocycles. The molecule has 0 N–H and O–H groups in total. The van der Waals surface area contributed by atoms with Crippen LogP contribution in [0.2, 0.25) is 5.15 Å². The van der Waals surface area contributed by atoms with Gasteiger partial charge < -0.3 is 9.80 Å². The third-order valence-corrected chi connectivity index (χ3v) is 5.94. The molecule has 0 aromatic carbocycles. The average molecular weight is 414 g/mol. The molecule has 0 unspecified atom stereocenters. The Kier molecular flexibility index (Phi) is 5.54. The zero-order valence-corrected chi connectivity index (χ0v) is 17.1. The summed E-state index contributed by atoms with van der Waals surface area (Å²) < 4.78 is 0. The predicted molar refractivity (Wildman–Crippen MR) is 112 cm³/mol. The van der Waals surface area contributed by atoms with Crippen molar-refractivity contribution in [2.24, 2.45) is 0 Å². The minimum atomic E-state index is -0.0115. The van der Waals surface area contributed by atoms with Crippen LogP contribution in [0.15, 0.2) is 42.0 Å². The van der Waals surface area contributed by atoms with E-state index in [0.29, 0.717) is 23.8 Å². The number of nitrogens with zero attached hydrogens (tertiary/aromatic N) is 5. The summed E-state index contributed by atoms with van der Waals surface area (Å²) in [7, 11) is 0. The molecule has 4 heterocycles. The van der Waals surface area contributed by atoms with Crippen molar-refractivity contribution in [1.82, 2.24) is 19.9 Å². The summed E-state index contributed by atoms with van der Waals surface area (Å²) in [5.74, 6) is 0.916. The molecule has 0 atom stereocenters. The lowest BCUT2D eigenvalue weighted by Gasteiger charge is -2.35. The highest BCUT2D eigenvalue weighted by Crippen LogP contribution is 2.25. The van der Waals surface area contributed by atoms with Crippen molar-refractivity contribution in [3.8, 4) is 10.6 Å². The van der Waals surface area contributed by atoms with Crippen molar-refractivity contribution < 1.29 is 4.79 Å². The maximum Gasteiger partial charge on any atom is 0.255 e. The molecule has 3 aromatic rings. The molecule has 0 spiro atoms. The second-order valence-electron chi connectivity index (χ2n) is 6.55. The number of hydrogen-bond donors (Lipinski definition) is 0. The van der Waals surface area contributed by atoms with E-state index in [4.69, 9.17) is 11.6 Å². The smallest absolute Gasteiger partial charge is 0.255 e. The Morgan fingerprint density at radius 3 is 2.54 bits per heavy atom. The van der Waals surface area contributed by atoms with E-state index in [1.807, 2.05) is 17.2 Å². The summed E-state index contributed by atoms with van der Waals surface area (Å²) in [6.07, 6.45) is 4.35. The molecule has 0 radical (unpaired) electrons. The maximum atomic E-state index is 12.6. The van der Waals surface area contributed by atoms with Gasteiger partial charge in [-0.2, -0.15) is 0 Å². The van der Waals surface area contributed by atoms with Gasteiger partial charge in [0.2, 0.25) is 0 Å². The van der Waals surface area contributed by atoms with Crippen LogP contribution in [0.4, 0.5) is 5.82 Å². The number of piperazine rings is 1. The van der Waals surface area contributed by atoms with E-state index in [9.17, 15) is 4.79 Å². The van der Waals surface area contributed by atoms with Gasteiger partial charge in [0.1, 0.15) is 16.0 Å². The summed E-state index contributed by atoms with van der Waals surface area (Å²) in [6.45, 7) is 4.90. The summed E-state index contributed by atoms with van der Waals surface area (Å²) in [4.78, 5) is 29.9. The van der Waals surface area contributed by atoms with Crippen LogP contribution in [-0.4, -0.2) is 51.9 Å². The van der Waals surface area contributed by atoms with Crippen LogP contribution in [0.25, 0.3) is 10.6 Å². The molecule has 8 heteroatoms. The van der Waals surface area contributed by atoms with Crippen LogP contribution >= 0.6 is 22.9 Å². The zero-order valence-electron chi connectivity index (χ0n) is 15.5. The van der Waals surface area contributed by atoms with E-state index in [1.165, 1.54) is 6.20 Å². The molecule has 1 amide bonds. The highest BCUT2D eigenvalue weighted by molar-refractivity contribution is 7.13. The van der Waals surface area contributed by atoms with Crippen LogP contribution in [0, 0.1) is 0 Å². The topological polar surface area (TPSA) is 62.2 Å². The number of anilines is 1. The molecule has 4 rings (SSSR count). The lowest BCUT2D eigenvalue weighted by atomic mass is 10.2. The summed E-state index contributed by atoms with van der Waals surface area (Å²) in [6, 6.07) is 7.45. The van der Waals surface area contributed by atoms with Gasteiger partial charge in [0.15, 0.2) is 0 Å². The Labute approximate surface area is 172 Å². The number of halogens is 1. The van der Waals surface area contributed by atoms with Gasteiger partial charge >= 0.3 is 0 Å². The first-order chi connectivity index (χ1) is 13.6. The normalized spacial score (nSPS) is 14.4. The zero-order chi connectivity index (χ0) is 19.5. The Morgan fingerprint density at radius 2 is 1.93 bits per heavy atom. The average Bonchev–Trinajstić information content (AvgIpc) is 3.23. The minimum absolute atomic E-state index is 0.0115. The van der Waals surface area contributed by atoms with Gasteiger partial charge in [-0.1, -0.05) is 18.5 Å². The molecule has 6 nitrogen and oxygen atoms in total. The molecule has 28 heavy (non-hydrogen) atoms. The van der Waals surface area contributed by atoms with Crippen molar-refractivity contribution in [3.05, 3.63) is 58.4 Å². The van der Waals surface area contributed by atoms with E-state index in [0.717, 1.165) is 41.6 Å². The Balaban J connectivity index is 1.38. The molecule has 1 saturated heterocycles. The fourth-order valence-corrected chi connectivity index (χ4v) is 4.13. The van der Waals surface area contributed by atoms with Crippen LogP contribution < -0.4 is 4.90 Å². The van der Waals surface area contributed by atoms with Crippen molar-refractivity contribution in [2.75, 3.05) is 31.1 Å². The monoisotopic (exact) mass is 413 g/mol. The first kappa shape index (κ1) is 18.8. The van der Waals surface area contributed by atoms with Crippen LogP contribution in [0.1, 0.15) is 23.0 Å². The van der Waals surface area contributed by atoms with E-state index in [-0.39, 0.29) is 5.91 Å². The van der Waals surface area contributed by atoms with Gasteiger partial charge in [0, 0.05) is 49.5 Å². The standard InChI is InChI=1S/C20H20ClN5OS/c1-2-16-13-28-19(24-16)14-4-6-18(23-11-14)25-7-9-26(10-8-25)20(27)15-3-5-17(21)22-12-15/h3-6,11-13H,2,7-10H2,1H3. The fourth-order valence-electron chi connectivity index (χ4n) is 3.13.